The van der Waals surface area contributed by atoms with Crippen LogP contribution in [0, 0.1) is 11.3 Å². The van der Waals surface area contributed by atoms with E-state index in [2.05, 4.69) is 0 Å². The second-order valence-corrected chi connectivity index (χ2v) is 5.25. The van der Waals surface area contributed by atoms with Crippen molar-refractivity contribution in [3.05, 3.63) is 0 Å². The SMILES string of the molecule is CC(COC(=O)C(C)(C)C)OC(=O)C(C)C. The normalized spacial score (nSPS) is 13.4. The van der Waals surface area contributed by atoms with Crippen molar-refractivity contribution in [1.29, 1.82) is 0 Å². The van der Waals surface area contributed by atoms with Crippen LogP contribution in [0.15, 0.2) is 0 Å². The third kappa shape index (κ3) is 5.73. The minimum atomic E-state index is -0.526. The summed E-state index contributed by atoms with van der Waals surface area (Å²) in [5.41, 5.74) is -0.526. The molecule has 4 nitrogen and oxygen atoms in total. The van der Waals surface area contributed by atoms with E-state index in [-0.39, 0.29) is 24.5 Å². The van der Waals surface area contributed by atoms with Gasteiger partial charge in [-0.2, -0.15) is 0 Å². The molecular weight excluding hydrogens is 208 g/mol. The molecule has 0 N–H and O–H groups in total. The highest BCUT2D eigenvalue weighted by atomic mass is 16.6. The maximum atomic E-state index is 11.4. The summed E-state index contributed by atoms with van der Waals surface area (Å²) in [5.74, 6) is -0.736. The summed E-state index contributed by atoms with van der Waals surface area (Å²) in [6, 6.07) is 0. The molecule has 1 unspecified atom stereocenters. The van der Waals surface area contributed by atoms with Crippen LogP contribution < -0.4 is 0 Å². The largest absolute Gasteiger partial charge is 0.461 e. The summed E-state index contributed by atoms with van der Waals surface area (Å²) >= 11 is 0. The van der Waals surface area contributed by atoms with Crippen LogP contribution in [0.1, 0.15) is 41.5 Å². The van der Waals surface area contributed by atoms with Gasteiger partial charge in [-0.15, -0.1) is 0 Å². The van der Waals surface area contributed by atoms with E-state index in [4.69, 9.17) is 9.47 Å². The zero-order chi connectivity index (χ0) is 12.9. The van der Waals surface area contributed by atoms with E-state index in [0.29, 0.717) is 0 Å². The molecule has 16 heavy (non-hydrogen) atoms. The predicted molar refractivity (Wildman–Crippen MR) is 60.8 cm³/mol. The highest BCUT2D eigenvalue weighted by Gasteiger charge is 2.24. The van der Waals surface area contributed by atoms with E-state index in [1.165, 1.54) is 0 Å². The van der Waals surface area contributed by atoms with Crippen LogP contribution in [0.4, 0.5) is 0 Å². The quantitative estimate of drug-likeness (QED) is 0.694. The van der Waals surface area contributed by atoms with E-state index in [1.54, 1.807) is 41.5 Å². The summed E-state index contributed by atoms with van der Waals surface area (Å²) < 4.78 is 10.1. The van der Waals surface area contributed by atoms with Gasteiger partial charge in [0.2, 0.25) is 0 Å². The average molecular weight is 230 g/mol. The van der Waals surface area contributed by atoms with Crippen LogP contribution in [0.2, 0.25) is 0 Å². The molecular formula is C12H22O4. The lowest BCUT2D eigenvalue weighted by atomic mass is 9.97. The summed E-state index contributed by atoms with van der Waals surface area (Å²) in [6.07, 6.45) is -0.402. The molecule has 0 aromatic carbocycles. The van der Waals surface area contributed by atoms with Gasteiger partial charge in [0.05, 0.1) is 11.3 Å². The molecule has 0 heterocycles. The fourth-order valence-electron chi connectivity index (χ4n) is 0.778. The molecule has 0 amide bonds. The Morgan fingerprint density at radius 3 is 2.00 bits per heavy atom. The fourth-order valence-corrected chi connectivity index (χ4v) is 0.778. The van der Waals surface area contributed by atoms with Gasteiger partial charge in [-0.25, -0.2) is 0 Å². The number of rotatable bonds is 4. The van der Waals surface area contributed by atoms with Crippen molar-refractivity contribution in [1.82, 2.24) is 0 Å². The first-order valence-corrected chi connectivity index (χ1v) is 5.52. The van der Waals surface area contributed by atoms with Crippen molar-refractivity contribution >= 4 is 11.9 Å². The highest BCUT2D eigenvalue weighted by molar-refractivity contribution is 5.75. The van der Waals surface area contributed by atoms with Crippen LogP contribution in [0.25, 0.3) is 0 Å². The highest BCUT2D eigenvalue weighted by Crippen LogP contribution is 2.15. The van der Waals surface area contributed by atoms with Crippen molar-refractivity contribution in [3.63, 3.8) is 0 Å². The third-order valence-electron chi connectivity index (χ3n) is 1.85. The summed E-state index contributed by atoms with van der Waals surface area (Å²) in [5, 5.41) is 0. The van der Waals surface area contributed by atoms with Gasteiger partial charge in [0.25, 0.3) is 0 Å². The minimum absolute atomic E-state index is 0.106. The van der Waals surface area contributed by atoms with E-state index in [0.717, 1.165) is 0 Å². The molecule has 0 radical (unpaired) electrons. The predicted octanol–water partition coefficient (Wildman–Crippen LogP) is 2.16. The molecule has 94 valence electrons. The van der Waals surface area contributed by atoms with Gasteiger partial charge in [0.15, 0.2) is 0 Å². The van der Waals surface area contributed by atoms with Gasteiger partial charge in [-0.3, -0.25) is 9.59 Å². The monoisotopic (exact) mass is 230 g/mol. The zero-order valence-corrected chi connectivity index (χ0v) is 11.0. The number of carbonyl (C=O) groups is 2. The summed E-state index contributed by atoms with van der Waals surface area (Å²) in [4.78, 5) is 22.7. The molecule has 0 saturated carbocycles. The number of hydrogen-bond acceptors (Lipinski definition) is 4. The molecule has 0 aliphatic carbocycles. The Bertz CT molecular complexity index is 250. The molecule has 0 aromatic heterocycles. The Kier molecular flexibility index (Phi) is 5.48. The average Bonchev–Trinajstić information content (AvgIpc) is 2.12. The topological polar surface area (TPSA) is 52.6 Å². The van der Waals surface area contributed by atoms with Gasteiger partial charge in [-0.1, -0.05) is 13.8 Å². The minimum Gasteiger partial charge on any atom is -0.461 e. The van der Waals surface area contributed by atoms with Gasteiger partial charge < -0.3 is 9.47 Å². The molecule has 4 heteroatoms. The number of ether oxygens (including phenoxy) is 2. The maximum absolute atomic E-state index is 11.4. The first-order valence-electron chi connectivity index (χ1n) is 5.52. The first-order chi connectivity index (χ1) is 7.14. The van der Waals surface area contributed by atoms with Crippen molar-refractivity contribution < 1.29 is 19.1 Å². The van der Waals surface area contributed by atoms with Crippen molar-refractivity contribution in [2.45, 2.75) is 47.6 Å². The van der Waals surface area contributed by atoms with E-state index in [9.17, 15) is 9.59 Å². The molecule has 0 bridgehead atoms. The Hall–Kier alpha value is -1.06. The van der Waals surface area contributed by atoms with Gasteiger partial charge in [0.1, 0.15) is 12.7 Å². The molecule has 0 rings (SSSR count). The smallest absolute Gasteiger partial charge is 0.311 e. The maximum Gasteiger partial charge on any atom is 0.311 e. The number of carbonyl (C=O) groups excluding carboxylic acids is 2. The van der Waals surface area contributed by atoms with Crippen LogP contribution in [-0.4, -0.2) is 24.6 Å². The zero-order valence-electron chi connectivity index (χ0n) is 11.0. The summed E-state index contributed by atoms with van der Waals surface area (Å²) in [7, 11) is 0. The van der Waals surface area contributed by atoms with Crippen molar-refractivity contribution in [3.8, 4) is 0 Å². The van der Waals surface area contributed by atoms with Gasteiger partial charge in [0, 0.05) is 0 Å². The number of hydrogen-bond donors (Lipinski definition) is 0. The lowest BCUT2D eigenvalue weighted by Crippen LogP contribution is -2.29. The van der Waals surface area contributed by atoms with E-state index in [1.807, 2.05) is 0 Å². The molecule has 0 aliphatic heterocycles. The lowest BCUT2D eigenvalue weighted by Gasteiger charge is -2.19. The Labute approximate surface area is 97.3 Å². The Morgan fingerprint density at radius 2 is 1.62 bits per heavy atom. The van der Waals surface area contributed by atoms with E-state index >= 15 is 0 Å². The second kappa shape index (κ2) is 5.87. The Morgan fingerprint density at radius 1 is 1.12 bits per heavy atom. The van der Waals surface area contributed by atoms with Crippen LogP contribution in [0.3, 0.4) is 0 Å². The Balaban J connectivity index is 3.95. The first kappa shape index (κ1) is 14.9. The standard InChI is InChI=1S/C12H22O4/c1-8(2)10(13)16-9(3)7-15-11(14)12(4,5)6/h8-9H,7H2,1-6H3. The molecule has 0 spiro atoms. The van der Waals surface area contributed by atoms with Gasteiger partial charge >= 0.3 is 11.9 Å². The lowest BCUT2D eigenvalue weighted by molar-refractivity contribution is -0.164. The van der Waals surface area contributed by atoms with Crippen molar-refractivity contribution in [2.24, 2.45) is 11.3 Å². The van der Waals surface area contributed by atoms with Crippen LogP contribution >= 0.6 is 0 Å². The summed E-state index contributed by atoms with van der Waals surface area (Å²) in [6.45, 7) is 10.7. The second-order valence-electron chi connectivity index (χ2n) is 5.25. The third-order valence-corrected chi connectivity index (χ3v) is 1.85. The fraction of sp³-hybridized carbons (Fsp3) is 0.833. The molecule has 1 atom stereocenters. The molecule has 0 aromatic rings. The molecule has 0 saturated heterocycles. The van der Waals surface area contributed by atoms with E-state index < -0.39 is 11.5 Å². The molecule has 0 fully saturated rings. The number of esters is 2. The van der Waals surface area contributed by atoms with Crippen LogP contribution in [0.5, 0.6) is 0 Å². The molecule has 0 aliphatic rings. The van der Waals surface area contributed by atoms with Gasteiger partial charge in [-0.05, 0) is 27.7 Å². The van der Waals surface area contributed by atoms with Crippen LogP contribution in [-0.2, 0) is 19.1 Å². The van der Waals surface area contributed by atoms with Crippen molar-refractivity contribution in [2.75, 3.05) is 6.61 Å².